The number of fused-ring (bicyclic) bond motifs is 2. The van der Waals surface area contributed by atoms with Gasteiger partial charge < -0.3 is 0 Å². The van der Waals surface area contributed by atoms with Crippen LogP contribution in [0.1, 0.15) is 44.9 Å². The molecule has 5 rings (SSSR count). The number of carbonyl (C=O) groups is 1. The summed E-state index contributed by atoms with van der Waals surface area (Å²) in [5.74, 6) is -0.395. The zero-order valence-corrected chi connectivity index (χ0v) is 19.7. The van der Waals surface area contributed by atoms with Crippen LogP contribution < -0.4 is 5.32 Å². The third-order valence-corrected chi connectivity index (χ3v) is 9.37. The highest BCUT2D eigenvalue weighted by Gasteiger charge is 2.30. The van der Waals surface area contributed by atoms with Crippen molar-refractivity contribution in [3.05, 3.63) is 74.7 Å². The first kappa shape index (κ1) is 21.6. The molecule has 3 aromatic rings. The number of halogens is 1. The molecule has 0 bridgehead atoms. The molecule has 2 heterocycles. The normalized spacial score (nSPS) is 16.3. The van der Waals surface area contributed by atoms with Crippen molar-refractivity contribution in [3.63, 3.8) is 0 Å². The summed E-state index contributed by atoms with van der Waals surface area (Å²) in [6, 6.07) is 12.2. The highest BCUT2D eigenvalue weighted by atomic mass is 35.5. The van der Waals surface area contributed by atoms with Crippen molar-refractivity contribution in [1.29, 1.82) is 0 Å². The highest BCUT2D eigenvalue weighted by molar-refractivity contribution is 7.89. The van der Waals surface area contributed by atoms with Gasteiger partial charge in [-0.05, 0) is 61.4 Å². The van der Waals surface area contributed by atoms with Crippen molar-refractivity contribution in [1.82, 2.24) is 9.29 Å². The Morgan fingerprint density at radius 2 is 1.84 bits per heavy atom. The Bertz CT molecular complexity index is 1280. The summed E-state index contributed by atoms with van der Waals surface area (Å²) < 4.78 is 28.2. The molecule has 0 saturated carbocycles. The van der Waals surface area contributed by atoms with Gasteiger partial charge in [-0.3, -0.25) is 10.1 Å². The van der Waals surface area contributed by atoms with E-state index in [1.54, 1.807) is 0 Å². The van der Waals surface area contributed by atoms with Crippen molar-refractivity contribution in [2.45, 2.75) is 43.5 Å². The molecule has 2 aromatic carbocycles. The van der Waals surface area contributed by atoms with Crippen molar-refractivity contribution in [3.8, 4) is 0 Å². The maximum absolute atomic E-state index is 13.4. The lowest BCUT2D eigenvalue weighted by molar-refractivity contribution is 0.102. The molecule has 1 aromatic heterocycles. The van der Waals surface area contributed by atoms with Gasteiger partial charge in [0.1, 0.15) is 4.90 Å². The Morgan fingerprint density at radius 3 is 2.66 bits per heavy atom. The van der Waals surface area contributed by atoms with Crippen LogP contribution in [0.3, 0.4) is 0 Å². The molecule has 1 amide bonds. The number of anilines is 1. The number of aromatic nitrogens is 1. The Labute approximate surface area is 196 Å². The first-order valence-corrected chi connectivity index (χ1v) is 13.2. The number of hydrogen-bond acceptors (Lipinski definition) is 5. The van der Waals surface area contributed by atoms with Crippen LogP contribution in [0.25, 0.3) is 0 Å². The van der Waals surface area contributed by atoms with E-state index < -0.39 is 15.9 Å². The fourth-order valence-electron chi connectivity index (χ4n) is 4.23. The summed E-state index contributed by atoms with van der Waals surface area (Å²) in [4.78, 5) is 18.6. The van der Waals surface area contributed by atoms with Gasteiger partial charge in [0.2, 0.25) is 10.0 Å². The number of nitrogens with zero attached hydrogens (tertiary/aromatic N) is 2. The first-order chi connectivity index (χ1) is 15.4. The van der Waals surface area contributed by atoms with Crippen LogP contribution >= 0.6 is 22.9 Å². The number of benzene rings is 2. The van der Waals surface area contributed by atoms with Gasteiger partial charge in [0.05, 0.1) is 10.7 Å². The SMILES string of the molecule is O=C(Nc1nc2c(s1)CCCC2)c1ccc(Cl)c(S(=O)(=O)N2CCc3ccccc3C2)c1. The largest absolute Gasteiger partial charge is 0.298 e. The first-order valence-electron chi connectivity index (χ1n) is 10.6. The summed E-state index contributed by atoms with van der Waals surface area (Å²) in [7, 11) is -3.86. The maximum atomic E-state index is 13.4. The number of amides is 1. The topological polar surface area (TPSA) is 79.4 Å². The number of thiazole rings is 1. The minimum absolute atomic E-state index is 0.0513. The molecule has 1 aliphatic carbocycles. The van der Waals surface area contributed by atoms with Crippen LogP contribution in [-0.4, -0.2) is 30.2 Å². The zero-order chi connectivity index (χ0) is 22.3. The Hall–Kier alpha value is -2.26. The molecular formula is C23H22ClN3O3S2. The van der Waals surface area contributed by atoms with E-state index >= 15 is 0 Å². The predicted molar refractivity (Wildman–Crippen MR) is 126 cm³/mol. The molecule has 9 heteroatoms. The van der Waals surface area contributed by atoms with Crippen molar-refractivity contribution in [2.24, 2.45) is 0 Å². The minimum Gasteiger partial charge on any atom is -0.298 e. The maximum Gasteiger partial charge on any atom is 0.257 e. The highest BCUT2D eigenvalue weighted by Crippen LogP contribution is 2.32. The smallest absolute Gasteiger partial charge is 0.257 e. The second-order valence-corrected chi connectivity index (χ2v) is 11.4. The lowest BCUT2D eigenvalue weighted by Gasteiger charge is -2.28. The molecular weight excluding hydrogens is 466 g/mol. The predicted octanol–water partition coefficient (Wildman–Crippen LogP) is 4.67. The average molecular weight is 488 g/mol. The molecule has 0 radical (unpaired) electrons. The molecule has 0 unspecified atom stereocenters. The monoisotopic (exact) mass is 487 g/mol. The Balaban J connectivity index is 1.39. The van der Waals surface area contributed by atoms with Crippen LogP contribution in [0.15, 0.2) is 47.4 Å². The van der Waals surface area contributed by atoms with E-state index in [1.807, 2.05) is 24.3 Å². The van der Waals surface area contributed by atoms with Gasteiger partial charge in [0.15, 0.2) is 5.13 Å². The molecule has 0 fully saturated rings. The van der Waals surface area contributed by atoms with Gasteiger partial charge >= 0.3 is 0 Å². The van der Waals surface area contributed by atoms with Gasteiger partial charge in [-0.15, -0.1) is 11.3 Å². The van der Waals surface area contributed by atoms with E-state index in [4.69, 9.17) is 11.6 Å². The molecule has 0 spiro atoms. The molecule has 32 heavy (non-hydrogen) atoms. The van der Waals surface area contributed by atoms with Crippen LogP contribution in [0.2, 0.25) is 5.02 Å². The lowest BCUT2D eigenvalue weighted by atomic mass is 10.0. The number of carbonyl (C=O) groups excluding carboxylic acids is 1. The van der Waals surface area contributed by atoms with Crippen LogP contribution in [0.5, 0.6) is 0 Å². The third kappa shape index (κ3) is 4.08. The molecule has 1 aliphatic heterocycles. The van der Waals surface area contributed by atoms with Gasteiger partial charge in [-0.25, -0.2) is 13.4 Å². The fraction of sp³-hybridized carbons (Fsp3) is 0.304. The number of nitrogens with one attached hydrogen (secondary N) is 1. The average Bonchev–Trinajstić information content (AvgIpc) is 3.21. The third-order valence-electron chi connectivity index (χ3n) is 5.97. The van der Waals surface area contributed by atoms with E-state index in [1.165, 1.54) is 38.7 Å². The number of aryl methyl sites for hydroxylation is 2. The van der Waals surface area contributed by atoms with Crippen molar-refractivity contribution < 1.29 is 13.2 Å². The molecule has 1 N–H and O–H groups in total. The van der Waals surface area contributed by atoms with Gasteiger partial charge in [-0.1, -0.05) is 35.9 Å². The molecule has 0 atom stereocenters. The standard InChI is InChI=1S/C23H22ClN3O3S2/c24-18-10-9-16(22(28)26-23-25-19-7-3-4-8-20(19)31-23)13-21(18)32(29,30)27-12-11-15-5-1-2-6-17(15)14-27/h1-2,5-6,9-10,13H,3-4,7-8,11-12,14H2,(H,25,26,28). The van der Waals surface area contributed by atoms with E-state index in [9.17, 15) is 13.2 Å². The summed E-state index contributed by atoms with van der Waals surface area (Å²) in [5, 5.41) is 3.47. The summed E-state index contributed by atoms with van der Waals surface area (Å²) in [5.41, 5.74) is 3.43. The molecule has 0 saturated heterocycles. The van der Waals surface area contributed by atoms with E-state index in [0.29, 0.717) is 18.1 Å². The van der Waals surface area contributed by atoms with E-state index in [2.05, 4.69) is 10.3 Å². The minimum atomic E-state index is -3.86. The Morgan fingerprint density at radius 1 is 1.06 bits per heavy atom. The Kier molecular flexibility index (Phi) is 5.79. The van der Waals surface area contributed by atoms with Gasteiger partial charge in [0.25, 0.3) is 5.91 Å². The second-order valence-electron chi connectivity index (χ2n) is 8.05. The molecule has 166 valence electrons. The van der Waals surface area contributed by atoms with Crippen LogP contribution in [0, 0.1) is 0 Å². The number of hydrogen-bond donors (Lipinski definition) is 1. The quantitative estimate of drug-likeness (QED) is 0.579. The van der Waals surface area contributed by atoms with Gasteiger partial charge in [-0.2, -0.15) is 4.31 Å². The zero-order valence-electron chi connectivity index (χ0n) is 17.3. The van der Waals surface area contributed by atoms with Crippen LogP contribution in [-0.2, 0) is 35.8 Å². The van der Waals surface area contributed by atoms with E-state index in [0.717, 1.165) is 42.5 Å². The summed E-state index contributed by atoms with van der Waals surface area (Å²) in [6.45, 7) is 0.659. The van der Waals surface area contributed by atoms with Gasteiger partial charge in [0, 0.05) is 23.5 Å². The number of sulfonamides is 1. The van der Waals surface area contributed by atoms with Crippen molar-refractivity contribution >= 4 is 44.0 Å². The summed E-state index contributed by atoms with van der Waals surface area (Å²) >= 11 is 7.78. The second kappa shape index (κ2) is 8.59. The summed E-state index contributed by atoms with van der Waals surface area (Å²) in [6.07, 6.45) is 4.82. The van der Waals surface area contributed by atoms with E-state index in [-0.39, 0.29) is 22.0 Å². The lowest BCUT2D eigenvalue weighted by Crippen LogP contribution is -2.36. The van der Waals surface area contributed by atoms with Crippen LogP contribution in [0.4, 0.5) is 5.13 Å². The number of rotatable bonds is 4. The van der Waals surface area contributed by atoms with Crippen molar-refractivity contribution in [2.75, 3.05) is 11.9 Å². The fourth-order valence-corrected chi connectivity index (χ4v) is 7.20. The molecule has 6 nitrogen and oxygen atoms in total. The molecule has 2 aliphatic rings.